The summed E-state index contributed by atoms with van der Waals surface area (Å²) in [5, 5.41) is 2.94. The van der Waals surface area contributed by atoms with E-state index in [9.17, 15) is 14.4 Å². The highest BCUT2D eigenvalue weighted by molar-refractivity contribution is 5.89. The van der Waals surface area contributed by atoms with E-state index >= 15 is 0 Å². The number of hydrogen-bond acceptors (Lipinski definition) is 5. The highest BCUT2D eigenvalue weighted by Crippen LogP contribution is 2.22. The van der Waals surface area contributed by atoms with Gasteiger partial charge in [0.1, 0.15) is 17.4 Å². The van der Waals surface area contributed by atoms with Crippen molar-refractivity contribution in [3.8, 4) is 11.3 Å². The van der Waals surface area contributed by atoms with Crippen LogP contribution in [0.25, 0.3) is 11.3 Å². The summed E-state index contributed by atoms with van der Waals surface area (Å²) >= 11 is 0. The molecule has 0 bridgehead atoms. The third-order valence-corrected chi connectivity index (χ3v) is 5.62. The second-order valence-corrected chi connectivity index (χ2v) is 10.0. The van der Waals surface area contributed by atoms with E-state index in [4.69, 9.17) is 9.15 Å². The molecule has 2 aromatic rings. The van der Waals surface area contributed by atoms with E-state index in [-0.39, 0.29) is 30.3 Å². The van der Waals surface area contributed by atoms with Crippen LogP contribution in [0.3, 0.4) is 0 Å². The molecule has 1 aliphatic rings. The van der Waals surface area contributed by atoms with E-state index in [1.807, 2.05) is 57.2 Å². The van der Waals surface area contributed by atoms with Gasteiger partial charge in [-0.25, -0.2) is 4.79 Å². The number of nitrogens with zero attached hydrogens (tertiary/aromatic N) is 2. The fraction of sp³-hybridized carbons (Fsp3) is 0.500. The first kappa shape index (κ1) is 25.3. The molecular weight excluding hydrogens is 434 g/mol. The van der Waals surface area contributed by atoms with Crippen molar-refractivity contribution in [2.75, 3.05) is 13.1 Å². The predicted octanol–water partition coefficient (Wildman–Crippen LogP) is 4.06. The lowest BCUT2D eigenvalue weighted by Gasteiger charge is -2.45. The van der Waals surface area contributed by atoms with Crippen molar-refractivity contribution in [3.05, 3.63) is 48.2 Å². The minimum absolute atomic E-state index is 0.0843. The van der Waals surface area contributed by atoms with Crippen LogP contribution >= 0.6 is 0 Å². The molecule has 8 heteroatoms. The molecule has 184 valence electrons. The molecule has 2 atom stereocenters. The summed E-state index contributed by atoms with van der Waals surface area (Å²) in [6.07, 6.45) is 1.14. The fourth-order valence-electron chi connectivity index (χ4n) is 3.98. The van der Waals surface area contributed by atoms with Gasteiger partial charge in [0.05, 0.1) is 12.8 Å². The van der Waals surface area contributed by atoms with Gasteiger partial charge in [-0.15, -0.1) is 0 Å². The van der Waals surface area contributed by atoms with E-state index in [0.717, 1.165) is 16.9 Å². The average Bonchev–Trinajstić information content (AvgIpc) is 3.30. The maximum absolute atomic E-state index is 13.3. The van der Waals surface area contributed by atoms with E-state index in [1.54, 1.807) is 31.9 Å². The largest absolute Gasteiger partial charge is 0.464 e. The molecule has 1 aromatic carbocycles. The summed E-state index contributed by atoms with van der Waals surface area (Å²) in [4.78, 5) is 42.1. The van der Waals surface area contributed by atoms with Crippen LogP contribution in [-0.2, 0) is 20.9 Å². The van der Waals surface area contributed by atoms with Crippen molar-refractivity contribution >= 4 is 17.9 Å². The van der Waals surface area contributed by atoms with E-state index in [1.165, 1.54) is 4.90 Å². The van der Waals surface area contributed by atoms with Gasteiger partial charge in [-0.2, -0.15) is 0 Å². The zero-order valence-corrected chi connectivity index (χ0v) is 20.8. The number of ether oxygens (including phenoxy) is 1. The Balaban J connectivity index is 1.72. The molecular formula is C26H35N3O5. The van der Waals surface area contributed by atoms with Gasteiger partial charge in [-0.3, -0.25) is 9.59 Å². The Kier molecular flexibility index (Phi) is 7.69. The van der Waals surface area contributed by atoms with Gasteiger partial charge < -0.3 is 24.3 Å². The van der Waals surface area contributed by atoms with Crippen molar-refractivity contribution in [2.45, 2.75) is 65.8 Å². The molecule has 0 saturated carbocycles. The lowest BCUT2D eigenvalue weighted by Crippen LogP contribution is -2.65. The Morgan fingerprint density at radius 2 is 1.79 bits per heavy atom. The average molecular weight is 470 g/mol. The Morgan fingerprint density at radius 3 is 2.35 bits per heavy atom. The maximum Gasteiger partial charge on any atom is 0.410 e. The Hall–Kier alpha value is -3.29. The summed E-state index contributed by atoms with van der Waals surface area (Å²) < 4.78 is 10.9. The van der Waals surface area contributed by atoms with Gasteiger partial charge >= 0.3 is 6.09 Å². The lowest BCUT2D eigenvalue weighted by atomic mass is 10.0. The first-order valence-electron chi connectivity index (χ1n) is 11.7. The van der Waals surface area contributed by atoms with E-state index in [0.29, 0.717) is 13.1 Å². The van der Waals surface area contributed by atoms with Crippen LogP contribution in [0, 0.1) is 5.92 Å². The zero-order chi connectivity index (χ0) is 25.0. The summed E-state index contributed by atoms with van der Waals surface area (Å²) in [7, 11) is 0. The molecule has 0 radical (unpaired) electrons. The molecule has 1 aromatic heterocycles. The number of amides is 3. The van der Waals surface area contributed by atoms with Gasteiger partial charge in [0.25, 0.3) is 0 Å². The summed E-state index contributed by atoms with van der Waals surface area (Å²) in [5.41, 5.74) is 1.21. The topological polar surface area (TPSA) is 92.1 Å². The van der Waals surface area contributed by atoms with Crippen molar-refractivity contribution < 1.29 is 23.5 Å². The van der Waals surface area contributed by atoms with Crippen molar-refractivity contribution in [1.82, 2.24) is 15.1 Å². The predicted molar refractivity (Wildman–Crippen MR) is 129 cm³/mol. The first-order valence-corrected chi connectivity index (χ1v) is 11.7. The van der Waals surface area contributed by atoms with Crippen LogP contribution in [0.4, 0.5) is 4.79 Å². The Morgan fingerprint density at radius 1 is 1.12 bits per heavy atom. The quantitative estimate of drug-likeness (QED) is 0.713. The summed E-state index contributed by atoms with van der Waals surface area (Å²) in [6.45, 7) is 11.6. The molecule has 2 heterocycles. The second-order valence-electron chi connectivity index (χ2n) is 10.0. The number of benzene rings is 1. The minimum Gasteiger partial charge on any atom is -0.464 e. The van der Waals surface area contributed by atoms with Gasteiger partial charge in [-0.05, 0) is 45.4 Å². The SMILES string of the molecule is CC(C)C(=O)N1C(C)CN(C(=O)OC(C)(C)C)CC1C(=O)NCc1ccc(-c2ccco2)cc1. The van der Waals surface area contributed by atoms with Crippen LogP contribution in [0.2, 0.25) is 0 Å². The standard InChI is InChI=1S/C26H35N3O5/c1-17(2)24(31)29-18(3)15-28(25(32)34-26(4,5)6)16-21(29)23(30)27-14-19-9-11-20(12-10-19)22-8-7-13-33-22/h7-13,17-18,21H,14-16H2,1-6H3,(H,27,30). The number of nitrogens with one attached hydrogen (secondary N) is 1. The number of furan rings is 1. The van der Waals surface area contributed by atoms with E-state index in [2.05, 4.69) is 5.32 Å². The Bertz CT molecular complexity index is 992. The van der Waals surface area contributed by atoms with Crippen LogP contribution in [0.15, 0.2) is 47.1 Å². The number of carbonyl (C=O) groups excluding carboxylic acids is 3. The Labute approximate surface area is 201 Å². The molecule has 34 heavy (non-hydrogen) atoms. The third-order valence-electron chi connectivity index (χ3n) is 5.62. The molecule has 1 saturated heterocycles. The highest BCUT2D eigenvalue weighted by atomic mass is 16.6. The molecule has 1 fully saturated rings. The van der Waals surface area contributed by atoms with Crippen molar-refractivity contribution in [1.29, 1.82) is 0 Å². The molecule has 1 N–H and O–H groups in total. The van der Waals surface area contributed by atoms with Gasteiger partial charge in [0.15, 0.2) is 0 Å². The van der Waals surface area contributed by atoms with Gasteiger partial charge in [0.2, 0.25) is 11.8 Å². The van der Waals surface area contributed by atoms with Crippen LogP contribution in [-0.4, -0.2) is 58.5 Å². The molecule has 0 aliphatic carbocycles. The number of rotatable bonds is 5. The summed E-state index contributed by atoms with van der Waals surface area (Å²) in [5.74, 6) is 0.0975. The summed E-state index contributed by atoms with van der Waals surface area (Å²) in [6, 6.07) is 10.3. The monoisotopic (exact) mass is 469 g/mol. The molecule has 2 unspecified atom stereocenters. The van der Waals surface area contributed by atoms with Crippen molar-refractivity contribution in [2.24, 2.45) is 5.92 Å². The zero-order valence-electron chi connectivity index (χ0n) is 20.8. The normalized spacial score (nSPS) is 18.7. The molecule has 8 nitrogen and oxygen atoms in total. The number of piperazine rings is 1. The molecule has 0 spiro atoms. The van der Waals surface area contributed by atoms with Crippen LogP contribution in [0.5, 0.6) is 0 Å². The lowest BCUT2D eigenvalue weighted by molar-refractivity contribution is -0.149. The second kappa shape index (κ2) is 10.3. The molecule has 1 aliphatic heterocycles. The smallest absolute Gasteiger partial charge is 0.410 e. The third kappa shape index (κ3) is 6.18. The van der Waals surface area contributed by atoms with Crippen LogP contribution in [0.1, 0.15) is 47.1 Å². The fourth-order valence-corrected chi connectivity index (χ4v) is 3.98. The van der Waals surface area contributed by atoms with Crippen molar-refractivity contribution in [3.63, 3.8) is 0 Å². The maximum atomic E-state index is 13.3. The molecule has 3 amide bonds. The van der Waals surface area contributed by atoms with Gasteiger partial charge in [-0.1, -0.05) is 38.1 Å². The highest BCUT2D eigenvalue weighted by Gasteiger charge is 2.42. The van der Waals surface area contributed by atoms with Gasteiger partial charge in [0, 0.05) is 30.6 Å². The number of carbonyl (C=O) groups is 3. The van der Waals surface area contributed by atoms with Crippen LogP contribution < -0.4 is 5.32 Å². The minimum atomic E-state index is -0.798. The first-order chi connectivity index (χ1) is 16.0. The van der Waals surface area contributed by atoms with E-state index < -0.39 is 17.7 Å². The number of hydrogen-bond donors (Lipinski definition) is 1. The molecule has 3 rings (SSSR count).